The molecule has 1 aromatic carbocycles. The van der Waals surface area contributed by atoms with Gasteiger partial charge in [0.05, 0.1) is 0 Å². The van der Waals surface area contributed by atoms with Crippen LogP contribution in [0.1, 0.15) is 38.7 Å². The minimum absolute atomic E-state index is 0.412. The van der Waals surface area contributed by atoms with Crippen LogP contribution in [0.4, 0.5) is 0 Å². The first-order chi connectivity index (χ1) is 7.19. The molecular formula is C15H18. The average Bonchev–Trinajstić information content (AvgIpc) is 2.76. The Hall–Kier alpha value is -1.04. The lowest BCUT2D eigenvalue weighted by Gasteiger charge is -2.32. The van der Waals surface area contributed by atoms with Gasteiger partial charge in [0.2, 0.25) is 0 Å². The molecule has 0 aromatic heterocycles. The Morgan fingerprint density at radius 2 is 1.87 bits per heavy atom. The van der Waals surface area contributed by atoms with Crippen molar-refractivity contribution in [2.24, 2.45) is 11.3 Å². The molecule has 0 radical (unpaired) electrons. The second-order valence-corrected chi connectivity index (χ2v) is 5.51. The number of benzene rings is 1. The van der Waals surface area contributed by atoms with Gasteiger partial charge in [-0.05, 0) is 41.7 Å². The average molecular weight is 198 g/mol. The fourth-order valence-corrected chi connectivity index (χ4v) is 3.53. The van der Waals surface area contributed by atoms with Crippen LogP contribution in [-0.4, -0.2) is 0 Å². The van der Waals surface area contributed by atoms with E-state index in [1.54, 1.807) is 11.1 Å². The van der Waals surface area contributed by atoms with E-state index in [4.69, 9.17) is 0 Å². The largest absolute Gasteiger partial charge is 0.0655 e. The summed E-state index contributed by atoms with van der Waals surface area (Å²) in [7, 11) is 0. The van der Waals surface area contributed by atoms with Crippen molar-refractivity contribution < 1.29 is 0 Å². The predicted octanol–water partition coefficient (Wildman–Crippen LogP) is 4.28. The number of rotatable bonds is 1. The number of hydrogen-bond donors (Lipinski definition) is 0. The summed E-state index contributed by atoms with van der Waals surface area (Å²) in [6.07, 6.45) is 4.12. The zero-order valence-corrected chi connectivity index (χ0v) is 9.59. The van der Waals surface area contributed by atoms with Crippen LogP contribution in [0, 0.1) is 11.3 Å². The highest BCUT2D eigenvalue weighted by atomic mass is 14.5. The third-order valence-corrected chi connectivity index (χ3v) is 4.37. The lowest BCUT2D eigenvalue weighted by Crippen LogP contribution is -2.21. The van der Waals surface area contributed by atoms with E-state index in [0.29, 0.717) is 5.41 Å². The Kier molecular flexibility index (Phi) is 1.83. The first-order valence-corrected chi connectivity index (χ1v) is 5.97. The van der Waals surface area contributed by atoms with Gasteiger partial charge in [0.1, 0.15) is 0 Å². The Balaban J connectivity index is 2.13. The van der Waals surface area contributed by atoms with Gasteiger partial charge in [0.15, 0.2) is 0 Å². The Labute approximate surface area is 92.0 Å². The highest BCUT2D eigenvalue weighted by molar-refractivity contribution is 5.76. The van der Waals surface area contributed by atoms with E-state index in [1.807, 2.05) is 0 Å². The van der Waals surface area contributed by atoms with Crippen LogP contribution in [0.2, 0.25) is 0 Å². The maximum absolute atomic E-state index is 2.42. The van der Waals surface area contributed by atoms with E-state index in [-0.39, 0.29) is 0 Å². The molecule has 0 saturated heterocycles. The molecule has 15 heavy (non-hydrogen) atoms. The van der Waals surface area contributed by atoms with Gasteiger partial charge >= 0.3 is 0 Å². The van der Waals surface area contributed by atoms with Gasteiger partial charge in [-0.15, -0.1) is 0 Å². The van der Waals surface area contributed by atoms with E-state index in [2.05, 4.69) is 44.2 Å². The van der Waals surface area contributed by atoms with Crippen molar-refractivity contribution >= 4 is 5.57 Å². The second-order valence-electron chi connectivity index (χ2n) is 5.51. The summed E-state index contributed by atoms with van der Waals surface area (Å²) in [5, 5.41) is 0. The van der Waals surface area contributed by atoms with Crippen LogP contribution in [0.15, 0.2) is 35.9 Å². The lowest BCUT2D eigenvalue weighted by molar-refractivity contribution is 0.318. The third-order valence-electron chi connectivity index (χ3n) is 4.37. The minimum Gasteiger partial charge on any atom is -0.0655 e. The molecule has 0 heteroatoms. The van der Waals surface area contributed by atoms with E-state index in [1.165, 1.54) is 24.8 Å². The fraction of sp³-hybridized carbons (Fsp3) is 0.467. The molecule has 1 unspecified atom stereocenters. The fourth-order valence-electron chi connectivity index (χ4n) is 3.53. The van der Waals surface area contributed by atoms with Gasteiger partial charge in [-0.25, -0.2) is 0 Å². The van der Waals surface area contributed by atoms with E-state index >= 15 is 0 Å². The summed E-state index contributed by atoms with van der Waals surface area (Å²) >= 11 is 0. The summed E-state index contributed by atoms with van der Waals surface area (Å²) < 4.78 is 0. The number of fused-ring (bicyclic) bond motifs is 2. The van der Waals surface area contributed by atoms with Crippen molar-refractivity contribution in [2.45, 2.75) is 33.1 Å². The molecular weight excluding hydrogens is 180 g/mol. The number of allylic oxidation sites excluding steroid dienone is 2. The van der Waals surface area contributed by atoms with Gasteiger partial charge in [-0.2, -0.15) is 0 Å². The summed E-state index contributed by atoms with van der Waals surface area (Å²) in [5.74, 6) is 0.905. The Bertz CT molecular complexity index is 409. The SMILES string of the molecule is CC1(C)C(c2ccccc2)=C2CCC1C2. The molecule has 1 aromatic rings. The highest BCUT2D eigenvalue weighted by Crippen LogP contribution is 2.58. The van der Waals surface area contributed by atoms with Crippen LogP contribution in [0.25, 0.3) is 5.57 Å². The summed E-state index contributed by atoms with van der Waals surface area (Å²) in [4.78, 5) is 0. The molecule has 0 nitrogen and oxygen atoms in total. The topological polar surface area (TPSA) is 0 Å². The van der Waals surface area contributed by atoms with Gasteiger partial charge in [-0.3, -0.25) is 0 Å². The zero-order valence-electron chi connectivity index (χ0n) is 9.59. The van der Waals surface area contributed by atoms with Gasteiger partial charge < -0.3 is 0 Å². The van der Waals surface area contributed by atoms with Crippen molar-refractivity contribution in [3.63, 3.8) is 0 Å². The third kappa shape index (κ3) is 1.20. The van der Waals surface area contributed by atoms with Crippen molar-refractivity contribution in [3.8, 4) is 0 Å². The first-order valence-electron chi connectivity index (χ1n) is 5.97. The van der Waals surface area contributed by atoms with Gasteiger partial charge in [0, 0.05) is 0 Å². The quantitative estimate of drug-likeness (QED) is 0.632. The van der Waals surface area contributed by atoms with E-state index < -0.39 is 0 Å². The highest BCUT2D eigenvalue weighted by Gasteiger charge is 2.45. The van der Waals surface area contributed by atoms with Crippen LogP contribution in [0.5, 0.6) is 0 Å². The molecule has 0 N–H and O–H groups in total. The molecule has 0 aliphatic heterocycles. The molecule has 0 spiro atoms. The first kappa shape index (κ1) is 9.21. The van der Waals surface area contributed by atoms with Crippen LogP contribution >= 0.6 is 0 Å². The van der Waals surface area contributed by atoms with Crippen molar-refractivity contribution in [3.05, 3.63) is 41.5 Å². The monoisotopic (exact) mass is 198 g/mol. The molecule has 0 amide bonds. The van der Waals surface area contributed by atoms with E-state index in [0.717, 1.165) is 5.92 Å². The second kappa shape index (κ2) is 2.98. The molecule has 1 atom stereocenters. The predicted molar refractivity (Wildman–Crippen MR) is 64.5 cm³/mol. The summed E-state index contributed by atoms with van der Waals surface area (Å²) in [6, 6.07) is 11.0. The van der Waals surface area contributed by atoms with Gasteiger partial charge in [0.25, 0.3) is 0 Å². The molecule has 2 bridgehead atoms. The maximum atomic E-state index is 2.42. The molecule has 1 fully saturated rings. The van der Waals surface area contributed by atoms with Crippen molar-refractivity contribution in [1.29, 1.82) is 0 Å². The number of hydrogen-bond acceptors (Lipinski definition) is 0. The van der Waals surface area contributed by atoms with E-state index in [9.17, 15) is 0 Å². The smallest absolute Gasteiger partial charge is 0.00667 e. The van der Waals surface area contributed by atoms with Crippen LogP contribution in [-0.2, 0) is 0 Å². The summed E-state index contributed by atoms with van der Waals surface area (Å²) in [5.41, 5.74) is 5.25. The molecule has 2 aliphatic carbocycles. The van der Waals surface area contributed by atoms with Crippen molar-refractivity contribution in [1.82, 2.24) is 0 Å². The lowest BCUT2D eigenvalue weighted by atomic mass is 9.72. The Morgan fingerprint density at radius 1 is 1.13 bits per heavy atom. The normalized spacial score (nSPS) is 27.5. The standard InChI is InChI=1S/C15H18/c1-15(2)13-9-8-12(10-13)14(15)11-6-4-3-5-7-11/h3-7,13H,8-10H2,1-2H3. The van der Waals surface area contributed by atoms with Crippen molar-refractivity contribution in [2.75, 3.05) is 0 Å². The molecule has 0 heterocycles. The molecule has 1 saturated carbocycles. The van der Waals surface area contributed by atoms with Crippen LogP contribution in [0.3, 0.4) is 0 Å². The molecule has 3 rings (SSSR count). The minimum atomic E-state index is 0.412. The van der Waals surface area contributed by atoms with Crippen LogP contribution < -0.4 is 0 Å². The maximum Gasteiger partial charge on any atom is -0.00667 e. The Morgan fingerprint density at radius 3 is 2.47 bits per heavy atom. The molecule has 78 valence electrons. The summed E-state index contributed by atoms with van der Waals surface area (Å²) in [6.45, 7) is 4.85. The van der Waals surface area contributed by atoms with Gasteiger partial charge in [-0.1, -0.05) is 49.8 Å². The zero-order chi connectivity index (χ0) is 10.5. The molecule has 2 aliphatic rings.